The summed E-state index contributed by atoms with van der Waals surface area (Å²) in [5.74, 6) is 0. The van der Waals surface area contributed by atoms with Crippen LogP contribution < -0.4 is 0 Å². The third kappa shape index (κ3) is 6.26. The number of ether oxygens (including phenoxy) is 1. The molecular formula is C13H19O2. The molecule has 0 amide bonds. The highest BCUT2D eigenvalue weighted by Crippen LogP contribution is 2.07. The van der Waals surface area contributed by atoms with Crippen LogP contribution in [0.1, 0.15) is 31.2 Å². The van der Waals surface area contributed by atoms with Crippen LogP contribution in [0, 0.1) is 0 Å². The van der Waals surface area contributed by atoms with E-state index in [1.165, 1.54) is 18.4 Å². The van der Waals surface area contributed by atoms with E-state index in [0.717, 1.165) is 19.3 Å². The standard InChI is InChI=1S/C13H19O2/c14-12-15-11-7-2-1-4-8-13-9-5-3-6-10-13/h3,5-6,9-10H,1-2,4,7-8,11-12H2. The SMILES string of the molecule is [O]COCCCCCCc1ccccc1. The van der Waals surface area contributed by atoms with Gasteiger partial charge in [0.15, 0.2) is 6.79 Å². The summed E-state index contributed by atoms with van der Waals surface area (Å²) in [5.41, 5.74) is 1.41. The minimum atomic E-state index is -0.399. The lowest BCUT2D eigenvalue weighted by Crippen LogP contribution is -1.94. The fourth-order valence-corrected chi connectivity index (χ4v) is 1.59. The Bertz CT molecular complexity index is 234. The molecule has 1 radical (unpaired) electrons. The Labute approximate surface area is 91.9 Å². The molecule has 1 rings (SSSR count). The molecule has 2 nitrogen and oxygen atoms in total. The van der Waals surface area contributed by atoms with Gasteiger partial charge >= 0.3 is 0 Å². The summed E-state index contributed by atoms with van der Waals surface area (Å²) in [4.78, 5) is 0. The lowest BCUT2D eigenvalue weighted by molar-refractivity contribution is -0.0446. The summed E-state index contributed by atoms with van der Waals surface area (Å²) in [6.07, 6.45) is 5.77. The Hall–Kier alpha value is -0.860. The topological polar surface area (TPSA) is 29.1 Å². The predicted octanol–water partition coefficient (Wildman–Crippen LogP) is 3.19. The first-order chi connectivity index (χ1) is 7.43. The number of rotatable bonds is 8. The van der Waals surface area contributed by atoms with E-state index >= 15 is 0 Å². The first-order valence-electron chi connectivity index (χ1n) is 5.63. The molecule has 15 heavy (non-hydrogen) atoms. The largest absolute Gasteiger partial charge is 0.352 e. The smallest absolute Gasteiger partial charge is 0.180 e. The Morgan fingerprint density at radius 1 is 0.933 bits per heavy atom. The van der Waals surface area contributed by atoms with Gasteiger partial charge in [0.1, 0.15) is 0 Å². The van der Waals surface area contributed by atoms with E-state index in [-0.39, 0.29) is 0 Å². The summed E-state index contributed by atoms with van der Waals surface area (Å²) >= 11 is 0. The zero-order valence-electron chi connectivity index (χ0n) is 9.15. The molecule has 0 heterocycles. The highest BCUT2D eigenvalue weighted by molar-refractivity contribution is 5.14. The van der Waals surface area contributed by atoms with Gasteiger partial charge in [-0.1, -0.05) is 43.2 Å². The van der Waals surface area contributed by atoms with Crippen molar-refractivity contribution in [2.75, 3.05) is 13.4 Å². The molecule has 1 aromatic carbocycles. The summed E-state index contributed by atoms with van der Waals surface area (Å²) in [6.45, 7) is 0.221. The van der Waals surface area contributed by atoms with Crippen molar-refractivity contribution in [1.29, 1.82) is 0 Å². The van der Waals surface area contributed by atoms with Crippen LogP contribution in [0.15, 0.2) is 30.3 Å². The molecule has 0 spiro atoms. The number of benzene rings is 1. The third-order valence-electron chi connectivity index (χ3n) is 2.43. The maximum absolute atomic E-state index is 9.98. The van der Waals surface area contributed by atoms with Crippen LogP contribution >= 0.6 is 0 Å². The van der Waals surface area contributed by atoms with E-state index < -0.39 is 6.79 Å². The summed E-state index contributed by atoms with van der Waals surface area (Å²) < 4.78 is 4.74. The van der Waals surface area contributed by atoms with Crippen LogP contribution in [0.2, 0.25) is 0 Å². The molecule has 0 fully saturated rings. The molecule has 83 valence electrons. The molecule has 1 aromatic rings. The monoisotopic (exact) mass is 207 g/mol. The predicted molar refractivity (Wildman–Crippen MR) is 60.1 cm³/mol. The number of aryl methyl sites for hydroxylation is 1. The van der Waals surface area contributed by atoms with Gasteiger partial charge in [0.2, 0.25) is 0 Å². The fourth-order valence-electron chi connectivity index (χ4n) is 1.59. The van der Waals surface area contributed by atoms with Gasteiger partial charge in [-0.2, -0.15) is 0 Å². The lowest BCUT2D eigenvalue weighted by atomic mass is 10.1. The van der Waals surface area contributed by atoms with Gasteiger partial charge in [-0.05, 0) is 24.8 Å². The first-order valence-corrected chi connectivity index (χ1v) is 5.63. The molecule has 0 aliphatic rings. The van der Waals surface area contributed by atoms with Crippen LogP contribution in [0.3, 0.4) is 0 Å². The van der Waals surface area contributed by atoms with Gasteiger partial charge in [0, 0.05) is 6.61 Å². The molecule has 0 N–H and O–H groups in total. The van der Waals surface area contributed by atoms with Gasteiger partial charge < -0.3 is 4.74 Å². The van der Waals surface area contributed by atoms with E-state index in [1.54, 1.807) is 0 Å². The number of unbranched alkanes of at least 4 members (excludes halogenated alkanes) is 3. The second-order valence-corrected chi connectivity index (χ2v) is 3.68. The molecule has 0 atom stereocenters. The number of hydrogen-bond donors (Lipinski definition) is 0. The maximum Gasteiger partial charge on any atom is 0.180 e. The van der Waals surface area contributed by atoms with Crippen LogP contribution in [0.5, 0.6) is 0 Å². The second-order valence-electron chi connectivity index (χ2n) is 3.68. The average molecular weight is 207 g/mol. The van der Waals surface area contributed by atoms with E-state index in [2.05, 4.69) is 24.3 Å². The van der Waals surface area contributed by atoms with Crippen molar-refractivity contribution in [2.45, 2.75) is 32.1 Å². The van der Waals surface area contributed by atoms with E-state index in [4.69, 9.17) is 4.74 Å². The zero-order valence-corrected chi connectivity index (χ0v) is 9.15. The van der Waals surface area contributed by atoms with Crippen LogP contribution in [0.4, 0.5) is 0 Å². The van der Waals surface area contributed by atoms with Gasteiger partial charge in [-0.15, -0.1) is 0 Å². The second kappa shape index (κ2) is 8.45. The fraction of sp³-hybridized carbons (Fsp3) is 0.538. The van der Waals surface area contributed by atoms with E-state index in [9.17, 15) is 5.11 Å². The molecule has 0 unspecified atom stereocenters. The Morgan fingerprint density at radius 2 is 1.67 bits per heavy atom. The van der Waals surface area contributed by atoms with Crippen LogP contribution in [-0.2, 0) is 16.3 Å². The van der Waals surface area contributed by atoms with E-state index in [0.29, 0.717) is 6.61 Å². The van der Waals surface area contributed by atoms with Crippen molar-refractivity contribution in [1.82, 2.24) is 0 Å². The first kappa shape index (κ1) is 12.2. The van der Waals surface area contributed by atoms with Crippen molar-refractivity contribution in [3.8, 4) is 0 Å². The number of hydrogen-bond acceptors (Lipinski definition) is 1. The molecule has 0 aliphatic heterocycles. The molecule has 0 aromatic heterocycles. The highest BCUT2D eigenvalue weighted by atomic mass is 16.6. The van der Waals surface area contributed by atoms with Gasteiger partial charge in [0.25, 0.3) is 0 Å². The minimum Gasteiger partial charge on any atom is -0.352 e. The maximum atomic E-state index is 9.98. The van der Waals surface area contributed by atoms with Crippen molar-refractivity contribution in [3.63, 3.8) is 0 Å². The Kier molecular flexibility index (Phi) is 6.88. The van der Waals surface area contributed by atoms with Crippen molar-refractivity contribution < 1.29 is 9.84 Å². The molecule has 0 saturated carbocycles. The molecule has 2 heteroatoms. The summed E-state index contributed by atoms with van der Waals surface area (Å²) in [5, 5.41) is 9.98. The zero-order chi connectivity index (χ0) is 10.8. The summed E-state index contributed by atoms with van der Waals surface area (Å²) in [7, 11) is 0. The molecule has 0 saturated heterocycles. The van der Waals surface area contributed by atoms with Gasteiger partial charge in [-0.25, -0.2) is 5.11 Å². The Morgan fingerprint density at radius 3 is 2.40 bits per heavy atom. The minimum absolute atomic E-state index is 0.399. The highest BCUT2D eigenvalue weighted by Gasteiger charge is 1.93. The molecular weight excluding hydrogens is 188 g/mol. The molecule has 0 aliphatic carbocycles. The quantitative estimate of drug-likeness (QED) is 0.475. The van der Waals surface area contributed by atoms with Gasteiger partial charge in [0.05, 0.1) is 0 Å². The van der Waals surface area contributed by atoms with Crippen molar-refractivity contribution in [2.24, 2.45) is 0 Å². The van der Waals surface area contributed by atoms with Crippen molar-refractivity contribution >= 4 is 0 Å². The average Bonchev–Trinajstić information content (AvgIpc) is 2.29. The summed E-state index contributed by atoms with van der Waals surface area (Å²) in [6, 6.07) is 10.5. The van der Waals surface area contributed by atoms with Crippen LogP contribution in [0.25, 0.3) is 0 Å². The third-order valence-corrected chi connectivity index (χ3v) is 2.43. The van der Waals surface area contributed by atoms with Crippen LogP contribution in [-0.4, -0.2) is 13.4 Å². The normalized spacial score (nSPS) is 10.5. The van der Waals surface area contributed by atoms with Crippen molar-refractivity contribution in [3.05, 3.63) is 35.9 Å². The van der Waals surface area contributed by atoms with E-state index in [1.807, 2.05) is 6.07 Å². The van der Waals surface area contributed by atoms with Gasteiger partial charge in [-0.3, -0.25) is 0 Å². The Balaban J connectivity index is 1.93. The molecule has 0 bridgehead atoms. The lowest BCUT2D eigenvalue weighted by Gasteiger charge is -2.01.